The number of hydrogen-bond acceptors (Lipinski definition) is 4. The monoisotopic (exact) mass is 362 g/mol. The van der Waals surface area contributed by atoms with Crippen molar-refractivity contribution in [1.29, 1.82) is 0 Å². The number of carbonyl (C=O) groups is 2. The average Bonchev–Trinajstić information content (AvgIpc) is 2.71. The van der Waals surface area contributed by atoms with Crippen molar-refractivity contribution in [2.75, 3.05) is 11.4 Å². The predicted molar refractivity (Wildman–Crippen MR) is 75.0 cm³/mol. The normalized spacial score (nSPS) is 19.4. The standard InChI is InChI=1S/C11H11BrN2O5S/c12-8-2-1-6(11(16)17)3-9(8)14-5-7(4-10(14)15)20(13,18)19/h1-3,7H,4-5H2,(H,16,17)(H2,13,18,19). The van der Waals surface area contributed by atoms with Gasteiger partial charge in [-0.25, -0.2) is 18.4 Å². The number of primary sulfonamides is 1. The van der Waals surface area contributed by atoms with Gasteiger partial charge < -0.3 is 10.0 Å². The molecule has 0 radical (unpaired) electrons. The quantitative estimate of drug-likeness (QED) is 0.813. The van der Waals surface area contributed by atoms with Gasteiger partial charge in [0.15, 0.2) is 0 Å². The van der Waals surface area contributed by atoms with E-state index in [1.54, 1.807) is 0 Å². The molecule has 1 aliphatic rings. The highest BCUT2D eigenvalue weighted by Crippen LogP contribution is 2.32. The van der Waals surface area contributed by atoms with Crippen LogP contribution in [0.25, 0.3) is 0 Å². The lowest BCUT2D eigenvalue weighted by Crippen LogP contribution is -2.32. The van der Waals surface area contributed by atoms with E-state index >= 15 is 0 Å². The van der Waals surface area contributed by atoms with Gasteiger partial charge in [-0.05, 0) is 34.1 Å². The first-order valence-corrected chi connectivity index (χ1v) is 7.95. The molecule has 2 rings (SSSR count). The largest absolute Gasteiger partial charge is 0.478 e. The van der Waals surface area contributed by atoms with Gasteiger partial charge in [-0.2, -0.15) is 0 Å². The molecule has 1 saturated heterocycles. The van der Waals surface area contributed by atoms with Gasteiger partial charge in [-0.1, -0.05) is 0 Å². The highest BCUT2D eigenvalue weighted by atomic mass is 79.9. The third kappa shape index (κ3) is 2.84. The number of carboxylic acid groups (broad SMARTS) is 1. The van der Waals surface area contributed by atoms with Crippen molar-refractivity contribution in [3.05, 3.63) is 28.2 Å². The van der Waals surface area contributed by atoms with Crippen LogP contribution < -0.4 is 10.0 Å². The van der Waals surface area contributed by atoms with Crippen LogP contribution in [0.2, 0.25) is 0 Å². The topological polar surface area (TPSA) is 118 Å². The summed E-state index contributed by atoms with van der Waals surface area (Å²) in [4.78, 5) is 24.1. The van der Waals surface area contributed by atoms with Gasteiger partial charge >= 0.3 is 5.97 Å². The van der Waals surface area contributed by atoms with Crippen LogP contribution in [-0.4, -0.2) is 37.2 Å². The van der Waals surface area contributed by atoms with Crippen molar-refractivity contribution in [3.63, 3.8) is 0 Å². The van der Waals surface area contributed by atoms with E-state index in [9.17, 15) is 18.0 Å². The van der Waals surface area contributed by atoms with Gasteiger partial charge in [-0.3, -0.25) is 4.79 Å². The van der Waals surface area contributed by atoms with Gasteiger partial charge in [0.1, 0.15) is 5.25 Å². The van der Waals surface area contributed by atoms with Crippen molar-refractivity contribution in [2.45, 2.75) is 11.7 Å². The number of benzene rings is 1. The zero-order valence-electron chi connectivity index (χ0n) is 10.1. The molecule has 3 N–H and O–H groups in total. The van der Waals surface area contributed by atoms with Gasteiger partial charge in [-0.15, -0.1) is 0 Å². The Balaban J connectivity index is 2.40. The van der Waals surface area contributed by atoms with E-state index in [0.717, 1.165) is 0 Å². The molecule has 1 unspecified atom stereocenters. The lowest BCUT2D eigenvalue weighted by atomic mass is 10.2. The molecular formula is C11H11BrN2O5S. The van der Waals surface area contributed by atoms with Crippen LogP contribution in [0.1, 0.15) is 16.8 Å². The molecule has 1 atom stereocenters. The number of sulfonamides is 1. The molecule has 0 aliphatic carbocycles. The number of amides is 1. The van der Waals surface area contributed by atoms with Crippen LogP contribution in [-0.2, 0) is 14.8 Å². The lowest BCUT2D eigenvalue weighted by Gasteiger charge is -2.18. The lowest BCUT2D eigenvalue weighted by molar-refractivity contribution is -0.117. The first-order valence-electron chi connectivity index (χ1n) is 5.55. The van der Waals surface area contributed by atoms with E-state index in [1.807, 2.05) is 0 Å². The number of hydrogen-bond donors (Lipinski definition) is 2. The van der Waals surface area contributed by atoms with Crippen molar-refractivity contribution >= 4 is 43.5 Å². The summed E-state index contributed by atoms with van der Waals surface area (Å²) < 4.78 is 23.1. The summed E-state index contributed by atoms with van der Waals surface area (Å²) in [5.41, 5.74) is 0.330. The van der Waals surface area contributed by atoms with Crippen LogP contribution in [0.4, 0.5) is 5.69 Å². The summed E-state index contributed by atoms with van der Waals surface area (Å²) in [6.45, 7) is -0.0840. The molecule has 1 aromatic rings. The Kier molecular flexibility index (Phi) is 3.85. The fraction of sp³-hybridized carbons (Fsp3) is 0.273. The number of carbonyl (C=O) groups excluding carboxylic acids is 1. The zero-order chi connectivity index (χ0) is 15.1. The van der Waals surface area contributed by atoms with Gasteiger partial charge in [0.25, 0.3) is 0 Å². The minimum absolute atomic E-state index is 0.00931. The predicted octanol–water partition coefficient (Wildman–Crippen LogP) is 0.541. The molecule has 1 fully saturated rings. The first kappa shape index (κ1) is 14.9. The first-order chi connectivity index (χ1) is 9.20. The van der Waals surface area contributed by atoms with E-state index in [1.165, 1.54) is 23.1 Å². The van der Waals surface area contributed by atoms with Gasteiger partial charge in [0, 0.05) is 17.4 Å². The highest BCUT2D eigenvalue weighted by Gasteiger charge is 2.37. The summed E-state index contributed by atoms with van der Waals surface area (Å²) in [5.74, 6) is -1.54. The number of halogens is 1. The van der Waals surface area contributed by atoms with Crippen LogP contribution in [0.15, 0.2) is 22.7 Å². The summed E-state index contributed by atoms with van der Waals surface area (Å²) in [5, 5.41) is 13.0. The number of anilines is 1. The summed E-state index contributed by atoms with van der Waals surface area (Å²) in [6.07, 6.45) is -0.206. The Hall–Kier alpha value is -1.45. The second-order valence-corrected chi connectivity index (χ2v) is 7.09. The zero-order valence-corrected chi connectivity index (χ0v) is 12.5. The third-order valence-corrected chi connectivity index (χ3v) is 4.95. The molecule has 1 aromatic carbocycles. The van der Waals surface area contributed by atoms with Crippen LogP contribution in [0, 0.1) is 0 Å². The minimum Gasteiger partial charge on any atom is -0.478 e. The molecule has 20 heavy (non-hydrogen) atoms. The van der Waals surface area contributed by atoms with E-state index in [0.29, 0.717) is 10.2 Å². The Morgan fingerprint density at radius 2 is 2.10 bits per heavy atom. The fourth-order valence-electron chi connectivity index (χ4n) is 1.98. The molecule has 1 aliphatic heterocycles. The van der Waals surface area contributed by atoms with E-state index in [2.05, 4.69) is 15.9 Å². The molecule has 108 valence electrons. The molecule has 0 aromatic heterocycles. The van der Waals surface area contributed by atoms with Crippen LogP contribution in [0.5, 0.6) is 0 Å². The fourth-order valence-corrected chi connectivity index (χ4v) is 3.17. The maximum Gasteiger partial charge on any atom is 0.335 e. The molecule has 1 heterocycles. The molecule has 0 bridgehead atoms. The van der Waals surface area contributed by atoms with Crippen molar-refractivity contribution in [2.24, 2.45) is 5.14 Å². The number of carboxylic acids is 1. The number of nitrogens with two attached hydrogens (primary N) is 1. The maximum absolute atomic E-state index is 11.9. The second-order valence-electron chi connectivity index (χ2n) is 4.39. The Labute approximate surface area is 123 Å². The molecule has 9 heteroatoms. The number of nitrogens with zero attached hydrogens (tertiary/aromatic N) is 1. The summed E-state index contributed by atoms with van der Waals surface area (Å²) in [7, 11) is -3.81. The van der Waals surface area contributed by atoms with Crippen molar-refractivity contribution in [1.82, 2.24) is 0 Å². The van der Waals surface area contributed by atoms with E-state index in [-0.39, 0.29) is 18.5 Å². The smallest absolute Gasteiger partial charge is 0.335 e. The van der Waals surface area contributed by atoms with E-state index < -0.39 is 27.1 Å². The second kappa shape index (κ2) is 5.15. The Morgan fingerprint density at radius 3 is 2.60 bits per heavy atom. The van der Waals surface area contributed by atoms with Crippen LogP contribution >= 0.6 is 15.9 Å². The highest BCUT2D eigenvalue weighted by molar-refractivity contribution is 9.10. The average molecular weight is 363 g/mol. The molecule has 1 amide bonds. The molecule has 0 saturated carbocycles. The van der Waals surface area contributed by atoms with Gasteiger partial charge in [0.05, 0.1) is 11.3 Å². The molecular weight excluding hydrogens is 352 g/mol. The van der Waals surface area contributed by atoms with Crippen molar-refractivity contribution in [3.8, 4) is 0 Å². The SMILES string of the molecule is NS(=O)(=O)C1CC(=O)N(c2cc(C(=O)O)ccc2Br)C1. The maximum atomic E-state index is 11.9. The van der Waals surface area contributed by atoms with Crippen LogP contribution in [0.3, 0.4) is 0 Å². The van der Waals surface area contributed by atoms with Crippen molar-refractivity contribution < 1.29 is 23.1 Å². The summed E-state index contributed by atoms with van der Waals surface area (Å²) in [6, 6.07) is 4.19. The Bertz CT molecular complexity index is 688. The summed E-state index contributed by atoms with van der Waals surface area (Å²) >= 11 is 3.22. The number of aromatic carboxylic acids is 1. The third-order valence-electron chi connectivity index (χ3n) is 3.04. The van der Waals surface area contributed by atoms with Gasteiger partial charge in [0.2, 0.25) is 15.9 Å². The van der Waals surface area contributed by atoms with E-state index in [4.69, 9.17) is 10.2 Å². The Morgan fingerprint density at radius 1 is 1.45 bits per heavy atom. The number of rotatable bonds is 3. The minimum atomic E-state index is -3.81. The molecule has 0 spiro atoms. The molecule has 7 nitrogen and oxygen atoms in total.